The molecule has 0 amide bonds. The molecule has 1 rings (SSSR count). The second-order valence-corrected chi connectivity index (χ2v) is 4.62. The molecule has 0 aliphatic heterocycles. The highest BCUT2D eigenvalue weighted by molar-refractivity contribution is 9.10. The molecule has 0 N–H and O–H groups in total. The zero-order valence-electron chi connectivity index (χ0n) is 5.77. The van der Waals surface area contributed by atoms with E-state index in [1.807, 2.05) is 13.0 Å². The molecule has 1 heterocycles. The van der Waals surface area contributed by atoms with E-state index in [-0.39, 0.29) is 6.04 Å². The van der Waals surface area contributed by atoms with Gasteiger partial charge in [0.2, 0.25) is 0 Å². The Bertz CT molecular complexity index is 282. The van der Waals surface area contributed by atoms with Crippen LogP contribution in [0.25, 0.3) is 4.85 Å². The van der Waals surface area contributed by atoms with Gasteiger partial charge >= 0.3 is 0 Å². The van der Waals surface area contributed by atoms with Crippen molar-refractivity contribution in [2.75, 3.05) is 0 Å². The number of hydrogen-bond acceptors (Lipinski definition) is 1. The summed E-state index contributed by atoms with van der Waals surface area (Å²) in [6.07, 6.45) is 0. The van der Waals surface area contributed by atoms with Gasteiger partial charge in [-0.2, -0.15) is 0 Å². The summed E-state index contributed by atoms with van der Waals surface area (Å²) in [7, 11) is 0. The van der Waals surface area contributed by atoms with Crippen molar-refractivity contribution >= 4 is 38.9 Å². The topological polar surface area (TPSA) is 4.36 Å². The van der Waals surface area contributed by atoms with E-state index in [1.165, 1.54) is 11.3 Å². The first-order valence-electron chi connectivity index (χ1n) is 2.96. The zero-order chi connectivity index (χ0) is 8.43. The van der Waals surface area contributed by atoms with Crippen molar-refractivity contribution in [1.29, 1.82) is 0 Å². The van der Waals surface area contributed by atoms with Crippen molar-refractivity contribution in [2.45, 2.75) is 13.0 Å². The standard InChI is InChI=1S/C7H5BrClNS/c1-4(10-2)6-3-5(8)7(9)11-6/h3-4H,1H3. The van der Waals surface area contributed by atoms with Crippen LogP contribution in [0.2, 0.25) is 4.34 Å². The van der Waals surface area contributed by atoms with Gasteiger partial charge < -0.3 is 4.85 Å². The Balaban J connectivity index is 2.99. The lowest BCUT2D eigenvalue weighted by atomic mass is 10.3. The van der Waals surface area contributed by atoms with Crippen LogP contribution in [0.3, 0.4) is 0 Å². The van der Waals surface area contributed by atoms with E-state index in [1.54, 1.807) is 0 Å². The molecule has 4 heteroatoms. The molecule has 1 unspecified atom stereocenters. The molecule has 1 aromatic heterocycles. The minimum Gasteiger partial charge on any atom is -0.308 e. The fourth-order valence-electron chi connectivity index (χ4n) is 0.633. The maximum Gasteiger partial charge on any atom is 0.255 e. The first-order chi connectivity index (χ1) is 5.15. The maximum absolute atomic E-state index is 6.80. The highest BCUT2D eigenvalue weighted by Crippen LogP contribution is 2.36. The number of rotatable bonds is 1. The highest BCUT2D eigenvalue weighted by Gasteiger charge is 2.13. The third kappa shape index (κ3) is 1.96. The lowest BCUT2D eigenvalue weighted by molar-refractivity contribution is 0.990. The Morgan fingerprint density at radius 3 is 2.82 bits per heavy atom. The summed E-state index contributed by atoms with van der Waals surface area (Å²) in [5.41, 5.74) is 0. The van der Waals surface area contributed by atoms with E-state index in [0.29, 0.717) is 0 Å². The Hall–Kier alpha value is -0.0400. The SMILES string of the molecule is [C-]#[N+]C(C)c1cc(Br)c(Cl)s1. The molecule has 0 aromatic carbocycles. The molecule has 0 saturated heterocycles. The zero-order valence-corrected chi connectivity index (χ0v) is 8.92. The second-order valence-electron chi connectivity index (χ2n) is 2.08. The lowest BCUT2D eigenvalue weighted by Gasteiger charge is -1.89. The smallest absolute Gasteiger partial charge is 0.255 e. The Kier molecular flexibility index (Phi) is 2.94. The fourth-order valence-corrected chi connectivity index (χ4v) is 2.36. The molecule has 58 valence electrons. The van der Waals surface area contributed by atoms with Crippen LogP contribution in [0.1, 0.15) is 17.8 Å². The van der Waals surface area contributed by atoms with Gasteiger partial charge in [-0.05, 0) is 22.0 Å². The van der Waals surface area contributed by atoms with Crippen molar-refractivity contribution in [2.24, 2.45) is 0 Å². The normalized spacial score (nSPS) is 12.5. The molecule has 0 bridgehead atoms. The summed E-state index contributed by atoms with van der Waals surface area (Å²) >= 11 is 10.5. The minimum atomic E-state index is -0.0798. The average molecular weight is 251 g/mol. The van der Waals surface area contributed by atoms with Crippen LogP contribution >= 0.6 is 38.9 Å². The van der Waals surface area contributed by atoms with Crippen LogP contribution in [0.4, 0.5) is 0 Å². The number of thiophene rings is 1. The van der Waals surface area contributed by atoms with Crippen molar-refractivity contribution in [1.82, 2.24) is 0 Å². The van der Waals surface area contributed by atoms with Gasteiger partial charge in [0.15, 0.2) is 0 Å². The summed E-state index contributed by atoms with van der Waals surface area (Å²) < 4.78 is 1.60. The van der Waals surface area contributed by atoms with E-state index in [9.17, 15) is 0 Å². The Labute approximate surface area is 82.9 Å². The maximum atomic E-state index is 6.80. The van der Waals surface area contributed by atoms with Crippen LogP contribution in [-0.4, -0.2) is 0 Å². The number of nitrogens with zero attached hydrogens (tertiary/aromatic N) is 1. The van der Waals surface area contributed by atoms with Crippen molar-refractivity contribution in [3.05, 3.63) is 31.2 Å². The summed E-state index contributed by atoms with van der Waals surface area (Å²) in [6, 6.07) is 1.82. The van der Waals surface area contributed by atoms with Crippen LogP contribution in [0, 0.1) is 6.57 Å². The molecule has 11 heavy (non-hydrogen) atoms. The summed E-state index contributed by atoms with van der Waals surface area (Å²) in [6.45, 7) is 8.66. The van der Waals surface area contributed by atoms with Crippen molar-refractivity contribution in [3.8, 4) is 0 Å². The lowest BCUT2D eigenvalue weighted by Crippen LogP contribution is -1.77. The average Bonchev–Trinajstić information content (AvgIpc) is 2.31. The molecule has 0 radical (unpaired) electrons. The molecule has 0 spiro atoms. The predicted octanol–water partition coefficient (Wildman–Crippen LogP) is 4.14. The molecule has 1 aromatic rings. The van der Waals surface area contributed by atoms with Gasteiger partial charge in [-0.3, -0.25) is 0 Å². The van der Waals surface area contributed by atoms with Gasteiger partial charge in [0, 0.05) is 11.4 Å². The molecule has 0 aliphatic carbocycles. The van der Waals surface area contributed by atoms with Crippen LogP contribution in [-0.2, 0) is 0 Å². The van der Waals surface area contributed by atoms with Crippen LogP contribution in [0.5, 0.6) is 0 Å². The van der Waals surface area contributed by atoms with E-state index >= 15 is 0 Å². The largest absolute Gasteiger partial charge is 0.308 e. The predicted molar refractivity (Wildman–Crippen MR) is 52.0 cm³/mol. The first kappa shape index (κ1) is 9.05. The van der Waals surface area contributed by atoms with Gasteiger partial charge in [0.1, 0.15) is 4.34 Å². The van der Waals surface area contributed by atoms with Gasteiger partial charge in [-0.25, -0.2) is 6.57 Å². The summed E-state index contributed by atoms with van der Waals surface area (Å²) in [5, 5.41) is 0. The molecule has 0 saturated carbocycles. The summed E-state index contributed by atoms with van der Waals surface area (Å²) in [5.74, 6) is 0. The molecule has 1 atom stereocenters. The van der Waals surface area contributed by atoms with E-state index in [0.717, 1.165) is 13.7 Å². The second kappa shape index (κ2) is 3.57. The van der Waals surface area contributed by atoms with Crippen LogP contribution in [0.15, 0.2) is 10.5 Å². The molecule has 1 nitrogen and oxygen atoms in total. The van der Waals surface area contributed by atoms with Crippen molar-refractivity contribution < 1.29 is 0 Å². The van der Waals surface area contributed by atoms with E-state index in [2.05, 4.69) is 20.8 Å². The molecular weight excluding hydrogens is 246 g/mol. The fraction of sp³-hybridized carbons (Fsp3) is 0.286. The van der Waals surface area contributed by atoms with Gasteiger partial charge in [-0.1, -0.05) is 11.6 Å². The van der Waals surface area contributed by atoms with E-state index < -0.39 is 0 Å². The van der Waals surface area contributed by atoms with Gasteiger partial charge in [0.25, 0.3) is 6.04 Å². The number of halogens is 2. The van der Waals surface area contributed by atoms with Crippen molar-refractivity contribution in [3.63, 3.8) is 0 Å². The van der Waals surface area contributed by atoms with E-state index in [4.69, 9.17) is 18.2 Å². The van der Waals surface area contributed by atoms with Gasteiger partial charge in [0.05, 0.1) is 4.88 Å². The third-order valence-electron chi connectivity index (χ3n) is 1.27. The minimum absolute atomic E-state index is 0.0798. The van der Waals surface area contributed by atoms with Crippen LogP contribution < -0.4 is 0 Å². The first-order valence-corrected chi connectivity index (χ1v) is 4.95. The Morgan fingerprint density at radius 2 is 2.45 bits per heavy atom. The monoisotopic (exact) mass is 249 g/mol. The summed E-state index contributed by atoms with van der Waals surface area (Å²) in [4.78, 5) is 4.41. The third-order valence-corrected chi connectivity index (χ3v) is 3.91. The van der Waals surface area contributed by atoms with Gasteiger partial charge in [-0.15, -0.1) is 11.3 Å². The molecular formula is C7H5BrClNS. The molecule has 0 fully saturated rings. The Morgan fingerprint density at radius 1 is 1.82 bits per heavy atom. The molecule has 0 aliphatic rings. The number of hydrogen-bond donors (Lipinski definition) is 0. The quantitative estimate of drug-likeness (QED) is 0.660. The highest BCUT2D eigenvalue weighted by atomic mass is 79.9.